The fraction of sp³-hybridized carbons (Fsp3) is 0.0870. The number of amides is 1. The Balaban J connectivity index is 1.61. The standard InChI is InChI=1S/C23H14ClF4N3O/c24-21-11-16(29-12-30-21)9-13-4-6-17-14(8-13)2-1-3-18(17)22(32)31-15-5-7-20(25)19(10-15)23(26,27)28/h1-8,10-12H,9H2,(H,31,32). The molecule has 1 aromatic heterocycles. The summed E-state index contributed by atoms with van der Waals surface area (Å²) in [4.78, 5) is 20.8. The molecule has 0 atom stereocenters. The van der Waals surface area contributed by atoms with E-state index in [1.807, 2.05) is 18.2 Å². The molecule has 0 aliphatic rings. The summed E-state index contributed by atoms with van der Waals surface area (Å²) < 4.78 is 52.3. The average Bonchev–Trinajstić information content (AvgIpc) is 2.73. The summed E-state index contributed by atoms with van der Waals surface area (Å²) in [7, 11) is 0. The second-order valence-corrected chi connectivity index (χ2v) is 7.40. The van der Waals surface area contributed by atoms with E-state index in [1.165, 1.54) is 6.33 Å². The first kappa shape index (κ1) is 21.7. The van der Waals surface area contributed by atoms with Crippen molar-refractivity contribution in [2.45, 2.75) is 12.6 Å². The molecule has 4 nitrogen and oxygen atoms in total. The fourth-order valence-corrected chi connectivity index (χ4v) is 3.51. The van der Waals surface area contributed by atoms with Crippen molar-refractivity contribution >= 4 is 34.0 Å². The molecule has 1 heterocycles. The highest BCUT2D eigenvalue weighted by atomic mass is 35.5. The largest absolute Gasteiger partial charge is 0.419 e. The van der Waals surface area contributed by atoms with E-state index in [4.69, 9.17) is 11.6 Å². The van der Waals surface area contributed by atoms with Gasteiger partial charge in [0.2, 0.25) is 0 Å². The molecule has 4 rings (SSSR count). The summed E-state index contributed by atoms with van der Waals surface area (Å²) in [6.45, 7) is 0. The lowest BCUT2D eigenvalue weighted by molar-refractivity contribution is -0.139. The van der Waals surface area contributed by atoms with Gasteiger partial charge in [0.1, 0.15) is 17.3 Å². The van der Waals surface area contributed by atoms with Gasteiger partial charge in [0, 0.05) is 23.4 Å². The lowest BCUT2D eigenvalue weighted by atomic mass is 9.99. The number of carbonyl (C=O) groups excluding carboxylic acids is 1. The highest BCUT2D eigenvalue weighted by Crippen LogP contribution is 2.33. The summed E-state index contributed by atoms with van der Waals surface area (Å²) in [5.41, 5.74) is 0.339. The molecule has 1 N–H and O–H groups in total. The smallest absolute Gasteiger partial charge is 0.322 e. The van der Waals surface area contributed by atoms with Crippen molar-refractivity contribution in [2.24, 2.45) is 0 Å². The van der Waals surface area contributed by atoms with Crippen LogP contribution in [0.2, 0.25) is 5.15 Å². The zero-order valence-electron chi connectivity index (χ0n) is 16.3. The molecule has 1 amide bonds. The van der Waals surface area contributed by atoms with E-state index in [0.717, 1.165) is 22.7 Å². The Labute approximate surface area is 184 Å². The van der Waals surface area contributed by atoms with Crippen LogP contribution in [0.15, 0.2) is 67.0 Å². The number of hydrogen-bond donors (Lipinski definition) is 1. The number of hydrogen-bond acceptors (Lipinski definition) is 3. The minimum absolute atomic E-state index is 0.155. The molecule has 0 spiro atoms. The molecule has 0 radical (unpaired) electrons. The first-order valence-corrected chi connectivity index (χ1v) is 9.75. The number of benzene rings is 3. The summed E-state index contributed by atoms with van der Waals surface area (Å²) in [6, 6.07) is 14.5. The molecular weight excluding hydrogens is 446 g/mol. The van der Waals surface area contributed by atoms with Gasteiger partial charge in [-0.05, 0) is 46.7 Å². The Morgan fingerprint density at radius 3 is 2.56 bits per heavy atom. The van der Waals surface area contributed by atoms with Gasteiger partial charge in [0.25, 0.3) is 5.91 Å². The van der Waals surface area contributed by atoms with Crippen molar-refractivity contribution in [3.63, 3.8) is 0 Å². The quantitative estimate of drug-likeness (QED) is 0.288. The van der Waals surface area contributed by atoms with Crippen LogP contribution < -0.4 is 5.32 Å². The maximum absolute atomic E-state index is 13.5. The van der Waals surface area contributed by atoms with Crippen molar-refractivity contribution in [3.05, 3.63) is 100 Å². The van der Waals surface area contributed by atoms with Crippen molar-refractivity contribution in [2.75, 3.05) is 5.32 Å². The van der Waals surface area contributed by atoms with Crippen molar-refractivity contribution in [3.8, 4) is 0 Å². The first-order chi connectivity index (χ1) is 15.2. The Kier molecular flexibility index (Phi) is 5.80. The molecule has 3 aromatic carbocycles. The molecule has 0 unspecified atom stereocenters. The van der Waals surface area contributed by atoms with E-state index in [2.05, 4.69) is 15.3 Å². The third-order valence-corrected chi connectivity index (χ3v) is 5.00. The van der Waals surface area contributed by atoms with Crippen molar-refractivity contribution in [1.29, 1.82) is 0 Å². The molecular formula is C23H14ClF4N3O. The number of alkyl halides is 3. The third-order valence-electron chi connectivity index (χ3n) is 4.79. The maximum atomic E-state index is 13.5. The predicted molar refractivity (Wildman–Crippen MR) is 113 cm³/mol. The fourth-order valence-electron chi connectivity index (χ4n) is 3.34. The third kappa shape index (κ3) is 4.70. The number of nitrogens with one attached hydrogen (secondary N) is 1. The van der Waals surface area contributed by atoms with Gasteiger partial charge in [-0.25, -0.2) is 14.4 Å². The van der Waals surface area contributed by atoms with Crippen LogP contribution in [0.1, 0.15) is 27.2 Å². The summed E-state index contributed by atoms with van der Waals surface area (Å²) in [6.07, 6.45) is -2.99. The molecule has 162 valence electrons. The normalized spacial score (nSPS) is 11.5. The molecule has 4 aromatic rings. The number of nitrogens with zero attached hydrogens (tertiary/aromatic N) is 2. The van der Waals surface area contributed by atoms with Gasteiger partial charge in [-0.2, -0.15) is 13.2 Å². The van der Waals surface area contributed by atoms with E-state index >= 15 is 0 Å². The van der Waals surface area contributed by atoms with Gasteiger partial charge < -0.3 is 5.32 Å². The molecule has 0 bridgehead atoms. The van der Waals surface area contributed by atoms with Crippen LogP contribution in [-0.4, -0.2) is 15.9 Å². The Hall–Kier alpha value is -3.52. The van der Waals surface area contributed by atoms with Gasteiger partial charge in [0.05, 0.1) is 5.56 Å². The topological polar surface area (TPSA) is 54.9 Å². The molecule has 0 aliphatic heterocycles. The van der Waals surface area contributed by atoms with Crippen LogP contribution in [0.5, 0.6) is 0 Å². The van der Waals surface area contributed by atoms with E-state index in [1.54, 1.807) is 24.3 Å². The zero-order valence-corrected chi connectivity index (χ0v) is 17.0. The van der Waals surface area contributed by atoms with Crippen LogP contribution in [0.25, 0.3) is 10.8 Å². The molecule has 32 heavy (non-hydrogen) atoms. The number of anilines is 1. The van der Waals surface area contributed by atoms with Crippen LogP contribution in [0, 0.1) is 5.82 Å². The minimum Gasteiger partial charge on any atom is -0.322 e. The number of fused-ring (bicyclic) bond motifs is 1. The van der Waals surface area contributed by atoms with Gasteiger partial charge in [-0.1, -0.05) is 41.9 Å². The van der Waals surface area contributed by atoms with E-state index < -0.39 is 23.5 Å². The Morgan fingerprint density at radius 1 is 1.00 bits per heavy atom. The van der Waals surface area contributed by atoms with Gasteiger partial charge in [-0.3, -0.25) is 4.79 Å². The number of rotatable bonds is 4. The molecule has 0 saturated heterocycles. The van der Waals surface area contributed by atoms with Gasteiger partial charge >= 0.3 is 6.18 Å². The monoisotopic (exact) mass is 459 g/mol. The Morgan fingerprint density at radius 2 is 1.81 bits per heavy atom. The lowest BCUT2D eigenvalue weighted by Gasteiger charge is -2.12. The lowest BCUT2D eigenvalue weighted by Crippen LogP contribution is -2.14. The van der Waals surface area contributed by atoms with Gasteiger partial charge in [-0.15, -0.1) is 0 Å². The minimum atomic E-state index is -4.87. The van der Waals surface area contributed by atoms with E-state index in [9.17, 15) is 22.4 Å². The van der Waals surface area contributed by atoms with Gasteiger partial charge in [0.15, 0.2) is 0 Å². The highest BCUT2D eigenvalue weighted by Gasteiger charge is 2.34. The summed E-state index contributed by atoms with van der Waals surface area (Å²) in [5.74, 6) is -2.01. The highest BCUT2D eigenvalue weighted by molar-refractivity contribution is 6.29. The number of aromatic nitrogens is 2. The number of carbonyl (C=O) groups is 1. The molecule has 0 fully saturated rings. The average molecular weight is 460 g/mol. The summed E-state index contributed by atoms with van der Waals surface area (Å²) >= 11 is 5.89. The van der Waals surface area contributed by atoms with E-state index in [-0.39, 0.29) is 11.3 Å². The van der Waals surface area contributed by atoms with Crippen LogP contribution >= 0.6 is 11.6 Å². The summed E-state index contributed by atoms with van der Waals surface area (Å²) in [5, 5.41) is 4.14. The van der Waals surface area contributed by atoms with Crippen LogP contribution in [-0.2, 0) is 12.6 Å². The second kappa shape index (κ2) is 8.55. The SMILES string of the molecule is O=C(Nc1ccc(F)c(C(F)(F)F)c1)c1cccc2cc(Cc3cc(Cl)ncn3)ccc12. The van der Waals surface area contributed by atoms with Crippen molar-refractivity contribution < 1.29 is 22.4 Å². The van der Waals surface area contributed by atoms with E-state index in [0.29, 0.717) is 29.1 Å². The molecule has 9 heteroatoms. The number of halogens is 5. The first-order valence-electron chi connectivity index (χ1n) is 9.37. The van der Waals surface area contributed by atoms with Crippen LogP contribution in [0.3, 0.4) is 0 Å². The zero-order chi connectivity index (χ0) is 22.9. The Bertz CT molecular complexity index is 1320. The van der Waals surface area contributed by atoms with Crippen LogP contribution in [0.4, 0.5) is 23.2 Å². The second-order valence-electron chi connectivity index (χ2n) is 7.02. The maximum Gasteiger partial charge on any atom is 0.419 e. The predicted octanol–water partition coefficient (Wildman–Crippen LogP) is 6.28. The molecule has 0 saturated carbocycles. The molecule has 0 aliphatic carbocycles. The van der Waals surface area contributed by atoms with Crippen molar-refractivity contribution in [1.82, 2.24) is 9.97 Å².